The molecule has 1 rings (SSSR count). The van der Waals surface area contributed by atoms with E-state index in [1.807, 2.05) is 0 Å². The topological polar surface area (TPSA) is 15.3 Å². The molecule has 0 saturated carbocycles. The Morgan fingerprint density at radius 2 is 2.07 bits per heavy atom. The minimum atomic E-state index is 0.561. The molecule has 15 heavy (non-hydrogen) atoms. The quantitative estimate of drug-likeness (QED) is 0.680. The molecule has 0 atom stereocenters. The van der Waals surface area contributed by atoms with E-state index in [1.165, 1.54) is 39.0 Å². The summed E-state index contributed by atoms with van der Waals surface area (Å²) in [4.78, 5) is 2.61. The van der Waals surface area contributed by atoms with Gasteiger partial charge >= 0.3 is 0 Å². The highest BCUT2D eigenvalue weighted by Crippen LogP contribution is 2.28. The van der Waals surface area contributed by atoms with Crippen LogP contribution in [0.25, 0.3) is 0 Å². The molecule has 1 N–H and O–H groups in total. The van der Waals surface area contributed by atoms with Crippen LogP contribution in [-0.4, -0.2) is 37.6 Å². The maximum absolute atomic E-state index is 3.50. The fourth-order valence-corrected chi connectivity index (χ4v) is 2.23. The zero-order valence-electron chi connectivity index (χ0n) is 11.0. The van der Waals surface area contributed by atoms with Gasteiger partial charge in [-0.25, -0.2) is 0 Å². The number of nitrogens with zero attached hydrogens (tertiary/aromatic N) is 1. The van der Waals surface area contributed by atoms with E-state index in [0.717, 1.165) is 12.5 Å². The van der Waals surface area contributed by atoms with E-state index in [1.54, 1.807) is 0 Å². The third-order valence-electron chi connectivity index (χ3n) is 3.14. The summed E-state index contributed by atoms with van der Waals surface area (Å²) in [6.07, 6.45) is 2.66. The van der Waals surface area contributed by atoms with Crippen molar-refractivity contribution in [3.05, 3.63) is 0 Å². The molecule has 2 nitrogen and oxygen atoms in total. The van der Waals surface area contributed by atoms with Crippen LogP contribution >= 0.6 is 0 Å². The molecule has 0 radical (unpaired) electrons. The molecular weight excluding hydrogens is 184 g/mol. The number of likely N-dealkylation sites (tertiary alicyclic amines) is 1. The van der Waals surface area contributed by atoms with Gasteiger partial charge in [0, 0.05) is 6.54 Å². The summed E-state index contributed by atoms with van der Waals surface area (Å²) >= 11 is 0. The van der Waals surface area contributed by atoms with E-state index < -0.39 is 0 Å². The molecule has 1 heterocycles. The second-order valence-electron chi connectivity index (χ2n) is 6.14. The van der Waals surface area contributed by atoms with E-state index in [4.69, 9.17) is 0 Å². The Morgan fingerprint density at radius 3 is 2.60 bits per heavy atom. The third kappa shape index (κ3) is 5.53. The summed E-state index contributed by atoms with van der Waals surface area (Å²) in [7, 11) is 0. The van der Waals surface area contributed by atoms with Gasteiger partial charge in [-0.3, -0.25) is 0 Å². The fourth-order valence-electron chi connectivity index (χ4n) is 2.23. The highest BCUT2D eigenvalue weighted by molar-refractivity contribution is 4.82. The minimum absolute atomic E-state index is 0.561. The van der Waals surface area contributed by atoms with Gasteiger partial charge in [-0.15, -0.1) is 0 Å². The summed E-state index contributed by atoms with van der Waals surface area (Å²) in [5.74, 6) is 0.774. The first-order valence-electron chi connectivity index (χ1n) is 6.43. The van der Waals surface area contributed by atoms with Gasteiger partial charge in [0.2, 0.25) is 0 Å². The molecule has 0 spiro atoms. The summed E-state index contributed by atoms with van der Waals surface area (Å²) in [5.41, 5.74) is 0.561. The lowest BCUT2D eigenvalue weighted by Crippen LogP contribution is -2.28. The van der Waals surface area contributed by atoms with E-state index in [2.05, 4.69) is 37.9 Å². The average Bonchev–Trinajstić information content (AvgIpc) is 2.44. The summed E-state index contributed by atoms with van der Waals surface area (Å²) in [5, 5.41) is 3.50. The van der Waals surface area contributed by atoms with Gasteiger partial charge in [-0.2, -0.15) is 0 Å². The van der Waals surface area contributed by atoms with Crippen LogP contribution in [0.2, 0.25) is 0 Å². The van der Waals surface area contributed by atoms with Gasteiger partial charge < -0.3 is 10.2 Å². The zero-order chi connectivity index (χ0) is 11.3. The third-order valence-corrected chi connectivity index (χ3v) is 3.14. The molecule has 0 aromatic heterocycles. The molecule has 2 heteroatoms. The Morgan fingerprint density at radius 1 is 1.33 bits per heavy atom. The van der Waals surface area contributed by atoms with Crippen molar-refractivity contribution >= 4 is 0 Å². The molecule has 0 bridgehead atoms. The van der Waals surface area contributed by atoms with Crippen molar-refractivity contribution in [2.75, 3.05) is 32.7 Å². The second-order valence-corrected chi connectivity index (χ2v) is 6.14. The lowest BCUT2D eigenvalue weighted by atomic mass is 9.93. The van der Waals surface area contributed by atoms with Crippen LogP contribution in [-0.2, 0) is 0 Å². The summed E-state index contributed by atoms with van der Waals surface area (Å²) in [6, 6.07) is 0. The van der Waals surface area contributed by atoms with Crippen LogP contribution in [0, 0.1) is 11.3 Å². The standard InChI is InChI=1S/C13H28N2/c1-12(2)10-14-7-5-8-15-9-6-13(3,4)11-15/h12,14H,5-11H2,1-4H3. The lowest BCUT2D eigenvalue weighted by Gasteiger charge is -2.19. The van der Waals surface area contributed by atoms with E-state index >= 15 is 0 Å². The molecule has 0 aromatic rings. The van der Waals surface area contributed by atoms with Crippen LogP contribution in [0.1, 0.15) is 40.5 Å². The van der Waals surface area contributed by atoms with E-state index in [-0.39, 0.29) is 0 Å². The van der Waals surface area contributed by atoms with Crippen LogP contribution in [0.5, 0.6) is 0 Å². The average molecular weight is 212 g/mol. The van der Waals surface area contributed by atoms with Gasteiger partial charge in [0.25, 0.3) is 0 Å². The molecular formula is C13H28N2. The largest absolute Gasteiger partial charge is 0.316 e. The highest BCUT2D eigenvalue weighted by atomic mass is 15.2. The number of rotatable bonds is 6. The molecule has 0 amide bonds. The number of nitrogens with one attached hydrogen (secondary N) is 1. The SMILES string of the molecule is CC(C)CNCCCN1CCC(C)(C)C1. The number of hydrogen-bond acceptors (Lipinski definition) is 2. The first-order valence-corrected chi connectivity index (χ1v) is 6.43. The zero-order valence-corrected chi connectivity index (χ0v) is 11.0. The molecule has 1 saturated heterocycles. The summed E-state index contributed by atoms with van der Waals surface area (Å²) in [6.45, 7) is 15.5. The van der Waals surface area contributed by atoms with Gasteiger partial charge in [0.15, 0.2) is 0 Å². The normalized spacial score (nSPS) is 21.4. The van der Waals surface area contributed by atoms with Crippen LogP contribution in [0.4, 0.5) is 0 Å². The molecule has 1 fully saturated rings. The van der Waals surface area contributed by atoms with Crippen LogP contribution in [0.3, 0.4) is 0 Å². The Kier molecular flexibility index (Phi) is 5.07. The Labute approximate surface area is 95.4 Å². The van der Waals surface area contributed by atoms with Crippen molar-refractivity contribution in [1.29, 1.82) is 0 Å². The van der Waals surface area contributed by atoms with Crippen LogP contribution in [0.15, 0.2) is 0 Å². The van der Waals surface area contributed by atoms with Crippen molar-refractivity contribution in [3.8, 4) is 0 Å². The van der Waals surface area contributed by atoms with Crippen molar-refractivity contribution in [2.45, 2.75) is 40.5 Å². The highest BCUT2D eigenvalue weighted by Gasteiger charge is 2.28. The van der Waals surface area contributed by atoms with Gasteiger partial charge in [-0.05, 0) is 50.4 Å². The van der Waals surface area contributed by atoms with Gasteiger partial charge in [0.1, 0.15) is 0 Å². The lowest BCUT2D eigenvalue weighted by molar-refractivity contribution is 0.286. The van der Waals surface area contributed by atoms with Gasteiger partial charge in [-0.1, -0.05) is 27.7 Å². The van der Waals surface area contributed by atoms with Crippen molar-refractivity contribution in [1.82, 2.24) is 10.2 Å². The number of hydrogen-bond donors (Lipinski definition) is 1. The second kappa shape index (κ2) is 5.86. The Bertz CT molecular complexity index is 175. The monoisotopic (exact) mass is 212 g/mol. The first-order chi connectivity index (χ1) is 6.99. The van der Waals surface area contributed by atoms with Gasteiger partial charge in [0.05, 0.1) is 0 Å². The maximum Gasteiger partial charge on any atom is 0.00332 e. The van der Waals surface area contributed by atoms with Crippen LogP contribution < -0.4 is 5.32 Å². The maximum atomic E-state index is 3.50. The molecule has 1 aliphatic rings. The molecule has 1 aliphatic heterocycles. The van der Waals surface area contributed by atoms with Crippen molar-refractivity contribution in [3.63, 3.8) is 0 Å². The van der Waals surface area contributed by atoms with Crippen molar-refractivity contribution < 1.29 is 0 Å². The Balaban J connectivity index is 1.97. The molecule has 0 unspecified atom stereocenters. The van der Waals surface area contributed by atoms with E-state index in [0.29, 0.717) is 5.41 Å². The Hall–Kier alpha value is -0.0800. The molecule has 0 aromatic carbocycles. The predicted molar refractivity (Wildman–Crippen MR) is 67.2 cm³/mol. The molecule has 90 valence electrons. The minimum Gasteiger partial charge on any atom is -0.316 e. The fraction of sp³-hybridized carbons (Fsp3) is 1.00. The first kappa shape index (κ1) is 13.0. The summed E-state index contributed by atoms with van der Waals surface area (Å²) < 4.78 is 0. The predicted octanol–water partition coefficient (Wildman–Crippen LogP) is 2.35. The van der Waals surface area contributed by atoms with E-state index in [9.17, 15) is 0 Å². The van der Waals surface area contributed by atoms with Crippen molar-refractivity contribution in [2.24, 2.45) is 11.3 Å². The smallest absolute Gasteiger partial charge is 0.00332 e. The molecule has 0 aliphatic carbocycles.